The first kappa shape index (κ1) is 15.2. The molecule has 0 aromatic rings. The number of hydrogen-bond donors (Lipinski definition) is 0. The van der Waals surface area contributed by atoms with E-state index in [1.54, 1.807) is 0 Å². The summed E-state index contributed by atoms with van der Waals surface area (Å²) in [5, 5.41) is 0. The molecule has 1 unspecified atom stereocenters. The minimum atomic E-state index is -0.269. The van der Waals surface area contributed by atoms with Crippen LogP contribution < -0.4 is 0 Å². The largest absolute Gasteiger partial charge is 0.466 e. The molecule has 1 atom stereocenters. The van der Waals surface area contributed by atoms with Crippen molar-refractivity contribution in [3.8, 4) is 0 Å². The van der Waals surface area contributed by atoms with Crippen molar-refractivity contribution in [2.24, 2.45) is 11.8 Å². The molecule has 94 valence electrons. The van der Waals surface area contributed by atoms with E-state index in [-0.39, 0.29) is 5.97 Å². The van der Waals surface area contributed by atoms with Crippen LogP contribution in [0.3, 0.4) is 0 Å². The second kappa shape index (κ2) is 8.37. The Balaban J connectivity index is 3.61. The van der Waals surface area contributed by atoms with E-state index in [2.05, 4.69) is 32.1 Å². The van der Waals surface area contributed by atoms with Gasteiger partial charge in [0.25, 0.3) is 0 Å². The molecule has 0 radical (unpaired) electrons. The molecule has 0 spiro atoms. The Labute approximate surface area is 100 Å². The maximum Gasteiger partial charge on any atom is 0.333 e. The molecule has 0 heterocycles. The SMILES string of the molecule is C=C(CCC(C)CCCC(C)C)C(=O)OC. The molecular weight excluding hydrogens is 200 g/mol. The average Bonchev–Trinajstić information content (AvgIpc) is 2.24. The monoisotopic (exact) mass is 226 g/mol. The molecule has 0 saturated carbocycles. The highest BCUT2D eigenvalue weighted by molar-refractivity contribution is 5.87. The van der Waals surface area contributed by atoms with E-state index in [1.165, 1.54) is 26.4 Å². The van der Waals surface area contributed by atoms with E-state index >= 15 is 0 Å². The summed E-state index contributed by atoms with van der Waals surface area (Å²) in [6, 6.07) is 0. The third-order valence-corrected chi connectivity index (χ3v) is 2.89. The molecule has 2 heteroatoms. The lowest BCUT2D eigenvalue weighted by Crippen LogP contribution is -2.05. The van der Waals surface area contributed by atoms with Crippen molar-refractivity contribution < 1.29 is 9.53 Å². The predicted octanol–water partition coefficient (Wildman–Crippen LogP) is 3.96. The van der Waals surface area contributed by atoms with Gasteiger partial charge in [-0.05, 0) is 24.7 Å². The van der Waals surface area contributed by atoms with Crippen LogP contribution in [0, 0.1) is 11.8 Å². The first-order valence-corrected chi connectivity index (χ1v) is 6.23. The van der Waals surface area contributed by atoms with Crippen LogP contribution in [0.5, 0.6) is 0 Å². The number of hydrogen-bond acceptors (Lipinski definition) is 2. The summed E-state index contributed by atoms with van der Waals surface area (Å²) >= 11 is 0. The summed E-state index contributed by atoms with van der Waals surface area (Å²) in [7, 11) is 1.40. The lowest BCUT2D eigenvalue weighted by Gasteiger charge is -2.12. The quantitative estimate of drug-likeness (QED) is 0.462. The van der Waals surface area contributed by atoms with Gasteiger partial charge in [0, 0.05) is 5.57 Å². The highest BCUT2D eigenvalue weighted by Gasteiger charge is 2.09. The van der Waals surface area contributed by atoms with Gasteiger partial charge < -0.3 is 4.74 Å². The third-order valence-electron chi connectivity index (χ3n) is 2.89. The zero-order valence-corrected chi connectivity index (χ0v) is 11.2. The first-order valence-electron chi connectivity index (χ1n) is 6.23. The van der Waals surface area contributed by atoms with Crippen LogP contribution in [-0.2, 0) is 9.53 Å². The minimum absolute atomic E-state index is 0.269. The number of methoxy groups -OCH3 is 1. The topological polar surface area (TPSA) is 26.3 Å². The highest BCUT2D eigenvalue weighted by atomic mass is 16.5. The standard InChI is InChI=1S/C14H26O2/c1-11(2)7-6-8-12(3)9-10-13(4)14(15)16-5/h11-12H,4,6-10H2,1-3,5H3. The Morgan fingerprint density at radius 2 is 1.81 bits per heavy atom. The summed E-state index contributed by atoms with van der Waals surface area (Å²) in [6.07, 6.45) is 5.61. The van der Waals surface area contributed by atoms with E-state index in [1.807, 2.05) is 0 Å². The van der Waals surface area contributed by atoms with Crippen LogP contribution in [0.2, 0.25) is 0 Å². The fraction of sp³-hybridized carbons (Fsp3) is 0.786. The van der Waals surface area contributed by atoms with E-state index in [0.717, 1.165) is 18.8 Å². The van der Waals surface area contributed by atoms with Gasteiger partial charge in [0.15, 0.2) is 0 Å². The summed E-state index contributed by atoms with van der Waals surface area (Å²) in [5.41, 5.74) is 0.596. The highest BCUT2D eigenvalue weighted by Crippen LogP contribution is 2.18. The molecule has 0 bridgehead atoms. The van der Waals surface area contributed by atoms with Gasteiger partial charge in [0.1, 0.15) is 0 Å². The average molecular weight is 226 g/mol. The molecule has 0 aliphatic heterocycles. The van der Waals surface area contributed by atoms with E-state index < -0.39 is 0 Å². The van der Waals surface area contributed by atoms with Gasteiger partial charge in [0.2, 0.25) is 0 Å². The maximum absolute atomic E-state index is 11.1. The molecule has 0 rings (SSSR count). The molecule has 0 aromatic carbocycles. The van der Waals surface area contributed by atoms with Crippen molar-refractivity contribution >= 4 is 5.97 Å². The van der Waals surface area contributed by atoms with E-state index in [9.17, 15) is 4.79 Å². The Kier molecular flexibility index (Phi) is 7.96. The van der Waals surface area contributed by atoms with Gasteiger partial charge in [-0.2, -0.15) is 0 Å². The van der Waals surface area contributed by atoms with Gasteiger partial charge in [-0.15, -0.1) is 0 Å². The summed E-state index contributed by atoms with van der Waals surface area (Å²) in [6.45, 7) is 10.5. The fourth-order valence-corrected chi connectivity index (χ4v) is 1.69. The van der Waals surface area contributed by atoms with Gasteiger partial charge in [-0.1, -0.05) is 46.6 Å². The van der Waals surface area contributed by atoms with Gasteiger partial charge >= 0.3 is 5.97 Å². The third kappa shape index (κ3) is 7.49. The summed E-state index contributed by atoms with van der Waals surface area (Å²) in [4.78, 5) is 11.1. The molecule has 0 aliphatic carbocycles. The molecule has 0 aromatic heterocycles. The van der Waals surface area contributed by atoms with Crippen molar-refractivity contribution in [1.29, 1.82) is 0 Å². The lowest BCUT2D eigenvalue weighted by atomic mass is 9.94. The minimum Gasteiger partial charge on any atom is -0.466 e. The van der Waals surface area contributed by atoms with E-state index in [4.69, 9.17) is 0 Å². The van der Waals surface area contributed by atoms with Crippen molar-refractivity contribution in [3.63, 3.8) is 0 Å². The van der Waals surface area contributed by atoms with Crippen molar-refractivity contribution in [3.05, 3.63) is 12.2 Å². The Morgan fingerprint density at radius 1 is 1.19 bits per heavy atom. The number of esters is 1. The van der Waals surface area contributed by atoms with Crippen molar-refractivity contribution in [2.75, 3.05) is 7.11 Å². The molecular formula is C14H26O2. The van der Waals surface area contributed by atoms with Crippen molar-refractivity contribution in [2.45, 2.75) is 52.9 Å². The van der Waals surface area contributed by atoms with Crippen LogP contribution in [-0.4, -0.2) is 13.1 Å². The Morgan fingerprint density at radius 3 is 2.31 bits per heavy atom. The molecule has 0 N–H and O–H groups in total. The predicted molar refractivity (Wildman–Crippen MR) is 68.2 cm³/mol. The van der Waals surface area contributed by atoms with E-state index in [0.29, 0.717) is 11.5 Å². The zero-order valence-electron chi connectivity index (χ0n) is 11.2. The van der Waals surface area contributed by atoms with Crippen LogP contribution >= 0.6 is 0 Å². The van der Waals surface area contributed by atoms with Crippen LogP contribution in [0.15, 0.2) is 12.2 Å². The number of rotatable bonds is 8. The lowest BCUT2D eigenvalue weighted by molar-refractivity contribution is -0.136. The first-order chi connectivity index (χ1) is 7.47. The summed E-state index contributed by atoms with van der Waals surface area (Å²) < 4.78 is 4.62. The van der Waals surface area contributed by atoms with Gasteiger partial charge in [0.05, 0.1) is 7.11 Å². The summed E-state index contributed by atoms with van der Waals surface area (Å²) in [5.74, 6) is 1.19. The Hall–Kier alpha value is -0.790. The molecule has 2 nitrogen and oxygen atoms in total. The zero-order chi connectivity index (χ0) is 12.6. The number of carbonyl (C=O) groups excluding carboxylic acids is 1. The number of carbonyl (C=O) groups is 1. The molecule has 16 heavy (non-hydrogen) atoms. The fourth-order valence-electron chi connectivity index (χ4n) is 1.69. The van der Waals surface area contributed by atoms with Crippen LogP contribution in [0.4, 0.5) is 0 Å². The second-order valence-electron chi connectivity index (χ2n) is 5.06. The Bertz CT molecular complexity index is 219. The van der Waals surface area contributed by atoms with Crippen LogP contribution in [0.25, 0.3) is 0 Å². The van der Waals surface area contributed by atoms with Crippen molar-refractivity contribution in [1.82, 2.24) is 0 Å². The molecule has 0 amide bonds. The molecule has 0 saturated heterocycles. The van der Waals surface area contributed by atoms with Crippen LogP contribution in [0.1, 0.15) is 52.9 Å². The maximum atomic E-state index is 11.1. The van der Waals surface area contributed by atoms with Gasteiger partial charge in [-0.3, -0.25) is 0 Å². The smallest absolute Gasteiger partial charge is 0.333 e. The molecule has 0 fully saturated rings. The second-order valence-corrected chi connectivity index (χ2v) is 5.06. The number of ether oxygens (including phenoxy) is 1. The van der Waals surface area contributed by atoms with Gasteiger partial charge in [-0.25, -0.2) is 4.79 Å². The molecule has 0 aliphatic rings. The normalized spacial score (nSPS) is 12.6.